The maximum atomic E-state index is 14.9. The van der Waals surface area contributed by atoms with E-state index in [1.54, 1.807) is 12.1 Å². The number of urea groups is 1. The number of carbonyl (C=O) groups excluding carboxylic acids is 2. The summed E-state index contributed by atoms with van der Waals surface area (Å²) in [6.45, 7) is 3.71. The molecular formula is C29H22F4N6O3S. The Labute approximate surface area is 246 Å². The summed E-state index contributed by atoms with van der Waals surface area (Å²) in [5.41, 5.74) is 3.58. The van der Waals surface area contributed by atoms with Crippen LogP contribution in [0.2, 0.25) is 0 Å². The van der Waals surface area contributed by atoms with Crippen LogP contribution in [0.5, 0.6) is 5.75 Å². The van der Waals surface area contributed by atoms with E-state index < -0.39 is 18.6 Å². The van der Waals surface area contributed by atoms with E-state index in [9.17, 15) is 27.2 Å². The maximum Gasteiger partial charge on any atom is 0.573 e. The summed E-state index contributed by atoms with van der Waals surface area (Å²) in [5.74, 6) is -0.154. The predicted molar refractivity (Wildman–Crippen MR) is 155 cm³/mol. The molecule has 1 fully saturated rings. The standard InChI is InChI=1S/C29H22F4N6O3S/c1-17-4-3-5-18(2)25(17)39-24(40)15-43-28(39)36-27(41)34-14-23(30)19-6-8-20(9-7-19)26-35-16-38(37-26)21-10-12-22(13-11-21)42-29(31,32)33/h3-14,16,23H,15H2,1-2H3. The molecule has 43 heavy (non-hydrogen) atoms. The molecule has 0 aliphatic carbocycles. The molecule has 1 atom stereocenters. The molecule has 1 aliphatic rings. The zero-order valence-corrected chi connectivity index (χ0v) is 23.4. The van der Waals surface area contributed by atoms with Crippen molar-refractivity contribution >= 4 is 40.8 Å². The van der Waals surface area contributed by atoms with E-state index in [4.69, 9.17) is 0 Å². The number of carbonyl (C=O) groups is 2. The average molecular weight is 611 g/mol. The lowest BCUT2D eigenvalue weighted by Gasteiger charge is -2.20. The van der Waals surface area contributed by atoms with Gasteiger partial charge in [0.1, 0.15) is 12.1 Å². The van der Waals surface area contributed by atoms with E-state index in [1.807, 2.05) is 32.0 Å². The van der Waals surface area contributed by atoms with Gasteiger partial charge in [0.2, 0.25) is 5.91 Å². The first-order valence-corrected chi connectivity index (χ1v) is 13.7. The maximum absolute atomic E-state index is 14.9. The van der Waals surface area contributed by atoms with Gasteiger partial charge in [-0.2, -0.15) is 4.99 Å². The Bertz CT molecular complexity index is 1700. The molecule has 2 heterocycles. The molecule has 1 saturated heterocycles. The quantitative estimate of drug-likeness (QED) is 0.176. The van der Waals surface area contributed by atoms with Crippen LogP contribution in [0, 0.1) is 13.8 Å². The van der Waals surface area contributed by atoms with Crippen LogP contribution in [0.15, 0.2) is 83.0 Å². The number of para-hydroxylation sites is 1. The number of thioether (sulfide) groups is 1. The fourth-order valence-electron chi connectivity index (χ4n) is 4.29. The molecule has 0 bridgehead atoms. The van der Waals surface area contributed by atoms with Crippen molar-refractivity contribution < 1.29 is 31.9 Å². The fourth-order valence-corrected chi connectivity index (χ4v) is 5.13. The summed E-state index contributed by atoms with van der Waals surface area (Å²) in [4.78, 5) is 38.2. The molecule has 1 unspecified atom stereocenters. The highest BCUT2D eigenvalue weighted by Gasteiger charge is 2.32. The number of aliphatic imine (C=N–C) groups is 2. The minimum atomic E-state index is -4.79. The van der Waals surface area contributed by atoms with E-state index in [2.05, 4.69) is 24.8 Å². The highest BCUT2D eigenvalue weighted by atomic mass is 32.2. The molecular weight excluding hydrogens is 588 g/mol. The van der Waals surface area contributed by atoms with E-state index in [1.165, 1.54) is 40.2 Å². The van der Waals surface area contributed by atoms with Gasteiger partial charge in [-0.05, 0) is 54.8 Å². The molecule has 3 aromatic carbocycles. The SMILES string of the molecule is Cc1cccc(C)c1N1C(=O)CSC1=NC(=O)N=CC(F)c1ccc(-c2ncn(-c3ccc(OC(F)(F)F)cc3)n2)cc1. The number of amidine groups is 1. The van der Waals surface area contributed by atoms with Crippen molar-refractivity contribution in [3.8, 4) is 22.8 Å². The van der Waals surface area contributed by atoms with Gasteiger partial charge in [0.15, 0.2) is 17.2 Å². The molecule has 0 saturated carbocycles. The summed E-state index contributed by atoms with van der Waals surface area (Å²) >= 11 is 1.11. The lowest BCUT2D eigenvalue weighted by molar-refractivity contribution is -0.274. The van der Waals surface area contributed by atoms with Crippen LogP contribution in [0.4, 0.5) is 28.0 Å². The van der Waals surface area contributed by atoms with Gasteiger partial charge >= 0.3 is 12.4 Å². The number of aromatic nitrogens is 3. The largest absolute Gasteiger partial charge is 0.573 e. The van der Waals surface area contributed by atoms with Crippen molar-refractivity contribution in [1.29, 1.82) is 0 Å². The Morgan fingerprint density at radius 2 is 1.72 bits per heavy atom. The summed E-state index contributed by atoms with van der Waals surface area (Å²) in [6.07, 6.45) is -4.28. The molecule has 0 radical (unpaired) electrons. The molecule has 220 valence electrons. The van der Waals surface area contributed by atoms with Crippen molar-refractivity contribution in [2.45, 2.75) is 26.4 Å². The predicted octanol–water partition coefficient (Wildman–Crippen LogP) is 6.79. The average Bonchev–Trinajstić information content (AvgIpc) is 3.59. The van der Waals surface area contributed by atoms with Crippen molar-refractivity contribution in [1.82, 2.24) is 14.8 Å². The fraction of sp³-hybridized carbons (Fsp3) is 0.172. The second-order valence-electron chi connectivity index (χ2n) is 9.29. The van der Waals surface area contributed by atoms with Crippen LogP contribution in [0.3, 0.4) is 0 Å². The monoisotopic (exact) mass is 610 g/mol. The number of alkyl halides is 4. The van der Waals surface area contributed by atoms with Gasteiger partial charge < -0.3 is 4.74 Å². The summed E-state index contributed by atoms with van der Waals surface area (Å²) < 4.78 is 57.2. The number of ether oxygens (including phenoxy) is 1. The van der Waals surface area contributed by atoms with Gasteiger partial charge in [-0.25, -0.2) is 23.8 Å². The molecule has 3 amide bonds. The Morgan fingerprint density at radius 3 is 2.37 bits per heavy atom. The lowest BCUT2D eigenvalue weighted by atomic mass is 10.1. The van der Waals surface area contributed by atoms with Crippen LogP contribution < -0.4 is 9.64 Å². The molecule has 0 spiro atoms. The first-order chi connectivity index (χ1) is 20.5. The Kier molecular flexibility index (Phi) is 8.39. The van der Waals surface area contributed by atoms with Crippen molar-refractivity contribution in [3.05, 3.63) is 89.7 Å². The van der Waals surface area contributed by atoms with E-state index in [0.29, 0.717) is 22.8 Å². The van der Waals surface area contributed by atoms with Crippen LogP contribution in [0.25, 0.3) is 17.1 Å². The highest BCUT2D eigenvalue weighted by molar-refractivity contribution is 8.15. The third kappa shape index (κ3) is 6.97. The number of anilines is 1. The minimum Gasteiger partial charge on any atom is -0.406 e. The Hall–Kier alpha value is -4.85. The number of amides is 3. The molecule has 14 heteroatoms. The number of aryl methyl sites for hydroxylation is 2. The Balaban J connectivity index is 1.24. The first kappa shape index (κ1) is 29.6. The minimum absolute atomic E-state index is 0.123. The number of rotatable bonds is 6. The summed E-state index contributed by atoms with van der Waals surface area (Å²) in [5, 5.41) is 4.50. The van der Waals surface area contributed by atoms with Crippen molar-refractivity contribution in [3.63, 3.8) is 0 Å². The second-order valence-corrected chi connectivity index (χ2v) is 10.2. The third-order valence-corrected chi connectivity index (χ3v) is 7.17. The summed E-state index contributed by atoms with van der Waals surface area (Å²) in [7, 11) is 0. The Morgan fingerprint density at radius 1 is 1.05 bits per heavy atom. The zero-order valence-electron chi connectivity index (χ0n) is 22.6. The van der Waals surface area contributed by atoms with Gasteiger partial charge in [0.25, 0.3) is 0 Å². The van der Waals surface area contributed by atoms with Crippen molar-refractivity contribution in [2.75, 3.05) is 10.7 Å². The highest BCUT2D eigenvalue weighted by Crippen LogP contribution is 2.32. The second kappa shape index (κ2) is 12.2. The van der Waals surface area contributed by atoms with Gasteiger partial charge in [-0.1, -0.05) is 54.2 Å². The lowest BCUT2D eigenvalue weighted by Crippen LogP contribution is -2.31. The topological polar surface area (TPSA) is 102 Å². The normalized spacial score (nSPS) is 15.4. The number of hydrogen-bond donors (Lipinski definition) is 0. The molecule has 9 nitrogen and oxygen atoms in total. The van der Waals surface area contributed by atoms with Crippen molar-refractivity contribution in [2.24, 2.45) is 9.98 Å². The molecule has 1 aromatic heterocycles. The third-order valence-electron chi connectivity index (χ3n) is 6.25. The van der Waals surface area contributed by atoms with Gasteiger partial charge in [0.05, 0.1) is 17.1 Å². The summed E-state index contributed by atoms with van der Waals surface area (Å²) in [6, 6.07) is 15.9. The van der Waals surface area contributed by atoms with Crippen LogP contribution >= 0.6 is 11.8 Å². The molecule has 5 rings (SSSR count). The van der Waals surface area contributed by atoms with Crippen LogP contribution in [0.1, 0.15) is 22.9 Å². The van der Waals surface area contributed by atoms with Gasteiger partial charge in [0, 0.05) is 11.8 Å². The molecule has 1 aliphatic heterocycles. The van der Waals surface area contributed by atoms with E-state index in [0.717, 1.165) is 41.2 Å². The van der Waals surface area contributed by atoms with Gasteiger partial charge in [-0.3, -0.25) is 9.69 Å². The van der Waals surface area contributed by atoms with E-state index in [-0.39, 0.29) is 28.1 Å². The molecule has 4 aromatic rings. The zero-order chi connectivity index (χ0) is 30.7. The first-order valence-electron chi connectivity index (χ1n) is 12.7. The molecule has 0 N–H and O–H groups in total. The van der Waals surface area contributed by atoms with E-state index >= 15 is 0 Å². The number of benzene rings is 3. The van der Waals surface area contributed by atoms with Crippen LogP contribution in [-0.2, 0) is 4.79 Å². The van der Waals surface area contributed by atoms with Gasteiger partial charge in [-0.15, -0.1) is 18.3 Å². The smallest absolute Gasteiger partial charge is 0.406 e. The number of halogens is 4. The van der Waals surface area contributed by atoms with Crippen LogP contribution in [-0.4, -0.2) is 50.2 Å². The number of hydrogen-bond acceptors (Lipinski definition) is 6. The number of nitrogens with zero attached hydrogens (tertiary/aromatic N) is 6.